The molecule has 0 aliphatic carbocycles. The molecule has 0 saturated heterocycles. The van der Waals surface area contributed by atoms with Crippen molar-refractivity contribution in [3.63, 3.8) is 0 Å². The van der Waals surface area contributed by atoms with Crippen LogP contribution in [0.5, 0.6) is 0 Å². The molecule has 6 heteroatoms. The van der Waals surface area contributed by atoms with E-state index in [1.54, 1.807) is 6.33 Å². The highest BCUT2D eigenvalue weighted by molar-refractivity contribution is 5.77. The molecule has 1 N–H and O–H groups in total. The summed E-state index contributed by atoms with van der Waals surface area (Å²) in [5.74, 6) is 1.36. The number of nitrogens with zero attached hydrogens (tertiary/aromatic N) is 4. The summed E-state index contributed by atoms with van der Waals surface area (Å²) < 4.78 is 7.63. The molecule has 1 aromatic carbocycles. The Labute approximate surface area is 158 Å². The lowest BCUT2D eigenvalue weighted by atomic mass is 10.1. The van der Waals surface area contributed by atoms with Crippen molar-refractivity contribution in [3.05, 3.63) is 66.2 Å². The molecule has 0 amide bonds. The molecule has 3 heterocycles. The molecule has 6 nitrogen and oxygen atoms in total. The second kappa shape index (κ2) is 7.23. The first-order valence-electron chi connectivity index (χ1n) is 9.17. The minimum Gasteiger partial charge on any atom is -0.359 e. The maximum absolute atomic E-state index is 5.56. The Balaban J connectivity index is 1.74. The Morgan fingerprint density at radius 1 is 1.11 bits per heavy atom. The smallest absolute Gasteiger partial charge is 0.156 e. The molecule has 0 atom stereocenters. The molecule has 0 saturated carbocycles. The molecule has 0 unspecified atom stereocenters. The van der Waals surface area contributed by atoms with E-state index in [0.717, 1.165) is 46.2 Å². The molecule has 4 aromatic rings. The zero-order chi connectivity index (χ0) is 18.8. The Morgan fingerprint density at radius 3 is 2.63 bits per heavy atom. The van der Waals surface area contributed by atoms with Gasteiger partial charge in [-0.15, -0.1) is 0 Å². The minimum absolute atomic E-state index is 0.545. The molecule has 0 radical (unpaired) electrons. The van der Waals surface area contributed by atoms with Crippen LogP contribution in [-0.4, -0.2) is 24.7 Å². The molecule has 0 spiro atoms. The molecule has 0 aliphatic heterocycles. The summed E-state index contributed by atoms with van der Waals surface area (Å²) in [6.45, 7) is 6.93. The van der Waals surface area contributed by atoms with Crippen molar-refractivity contribution in [1.82, 2.24) is 24.7 Å². The number of hydrogen-bond acceptors (Lipinski definition) is 4. The predicted octanol–water partition coefficient (Wildman–Crippen LogP) is 4.48. The summed E-state index contributed by atoms with van der Waals surface area (Å²) in [7, 11) is 0. The largest absolute Gasteiger partial charge is 0.359 e. The molecule has 0 aliphatic rings. The summed E-state index contributed by atoms with van der Waals surface area (Å²) in [6, 6.07) is 12.2. The van der Waals surface area contributed by atoms with Crippen LogP contribution in [0.4, 0.5) is 0 Å². The third-order valence-electron chi connectivity index (χ3n) is 4.49. The fraction of sp³-hybridized carbons (Fsp3) is 0.286. The van der Waals surface area contributed by atoms with E-state index in [-0.39, 0.29) is 0 Å². The zero-order valence-corrected chi connectivity index (χ0v) is 15.8. The van der Waals surface area contributed by atoms with Crippen molar-refractivity contribution in [2.45, 2.75) is 33.7 Å². The summed E-state index contributed by atoms with van der Waals surface area (Å²) in [4.78, 5) is 12.4. The monoisotopic (exact) mass is 361 g/mol. The fourth-order valence-electron chi connectivity index (χ4n) is 3.27. The first-order chi connectivity index (χ1) is 13.1. The SMILES string of the molecule is Cc1[nH]cnc1-c1c(-c2ccccc2)ncn1Cc1cc(CC(C)C)no1. The number of imidazole rings is 2. The van der Waals surface area contributed by atoms with Crippen LogP contribution < -0.4 is 0 Å². The highest BCUT2D eigenvalue weighted by Gasteiger charge is 2.19. The molecule has 4 rings (SSSR count). The van der Waals surface area contributed by atoms with Gasteiger partial charge in [-0.3, -0.25) is 0 Å². The van der Waals surface area contributed by atoms with Gasteiger partial charge in [0.05, 0.1) is 36.3 Å². The van der Waals surface area contributed by atoms with E-state index >= 15 is 0 Å². The molecule has 3 aromatic heterocycles. The van der Waals surface area contributed by atoms with Crippen LogP contribution in [0.3, 0.4) is 0 Å². The van der Waals surface area contributed by atoms with E-state index in [0.29, 0.717) is 12.5 Å². The highest BCUT2D eigenvalue weighted by Crippen LogP contribution is 2.32. The Kier molecular flexibility index (Phi) is 4.62. The summed E-state index contributed by atoms with van der Waals surface area (Å²) in [5.41, 5.74) is 5.84. The topological polar surface area (TPSA) is 72.5 Å². The standard InChI is InChI=1S/C21H23N5O/c1-14(2)9-17-10-18(27-25-17)11-26-13-24-20(16-7-5-4-6-8-16)21(26)19-15(3)22-12-23-19/h4-8,10,12-14H,9,11H2,1-3H3,(H,22,23). The van der Waals surface area contributed by atoms with E-state index in [2.05, 4.69) is 50.7 Å². The van der Waals surface area contributed by atoms with Crippen LogP contribution in [0.15, 0.2) is 53.6 Å². The van der Waals surface area contributed by atoms with Crippen molar-refractivity contribution >= 4 is 0 Å². The molecular weight excluding hydrogens is 338 g/mol. The lowest BCUT2D eigenvalue weighted by Gasteiger charge is -2.08. The lowest BCUT2D eigenvalue weighted by Crippen LogP contribution is -2.01. The Morgan fingerprint density at radius 2 is 1.93 bits per heavy atom. The van der Waals surface area contributed by atoms with Crippen molar-refractivity contribution < 1.29 is 4.52 Å². The van der Waals surface area contributed by atoms with Gasteiger partial charge in [0.15, 0.2) is 5.76 Å². The van der Waals surface area contributed by atoms with Crippen LogP contribution in [0.2, 0.25) is 0 Å². The van der Waals surface area contributed by atoms with Crippen LogP contribution in [-0.2, 0) is 13.0 Å². The number of hydrogen-bond donors (Lipinski definition) is 1. The van der Waals surface area contributed by atoms with Crippen LogP contribution in [0.1, 0.15) is 31.0 Å². The second-order valence-electron chi connectivity index (χ2n) is 7.19. The Bertz CT molecular complexity index is 1030. The molecule has 138 valence electrons. The first-order valence-corrected chi connectivity index (χ1v) is 9.17. The van der Waals surface area contributed by atoms with E-state index in [9.17, 15) is 0 Å². The van der Waals surface area contributed by atoms with Crippen LogP contribution >= 0.6 is 0 Å². The van der Waals surface area contributed by atoms with E-state index in [4.69, 9.17) is 4.52 Å². The van der Waals surface area contributed by atoms with E-state index in [1.165, 1.54) is 0 Å². The third-order valence-corrected chi connectivity index (χ3v) is 4.49. The zero-order valence-electron chi connectivity index (χ0n) is 15.8. The third kappa shape index (κ3) is 3.56. The summed E-state index contributed by atoms with van der Waals surface area (Å²) >= 11 is 0. The Hall–Kier alpha value is -3.15. The highest BCUT2D eigenvalue weighted by atomic mass is 16.5. The van der Waals surface area contributed by atoms with Gasteiger partial charge in [-0.2, -0.15) is 0 Å². The quantitative estimate of drug-likeness (QED) is 0.549. The maximum atomic E-state index is 5.56. The average molecular weight is 361 g/mol. The lowest BCUT2D eigenvalue weighted by molar-refractivity contribution is 0.368. The first kappa shape index (κ1) is 17.3. The van der Waals surface area contributed by atoms with Gasteiger partial charge in [-0.1, -0.05) is 49.3 Å². The van der Waals surface area contributed by atoms with Gasteiger partial charge in [-0.25, -0.2) is 9.97 Å². The van der Waals surface area contributed by atoms with Crippen molar-refractivity contribution in [2.24, 2.45) is 5.92 Å². The number of rotatable bonds is 6. The number of nitrogens with one attached hydrogen (secondary N) is 1. The van der Waals surface area contributed by atoms with Crippen molar-refractivity contribution in [3.8, 4) is 22.6 Å². The van der Waals surface area contributed by atoms with Gasteiger partial charge < -0.3 is 14.1 Å². The van der Waals surface area contributed by atoms with Gasteiger partial charge in [0.2, 0.25) is 0 Å². The maximum Gasteiger partial charge on any atom is 0.156 e. The minimum atomic E-state index is 0.545. The van der Waals surface area contributed by atoms with Gasteiger partial charge >= 0.3 is 0 Å². The number of aromatic nitrogens is 5. The second-order valence-corrected chi connectivity index (χ2v) is 7.19. The van der Waals surface area contributed by atoms with Crippen LogP contribution in [0, 0.1) is 12.8 Å². The van der Waals surface area contributed by atoms with Crippen molar-refractivity contribution in [1.29, 1.82) is 0 Å². The van der Waals surface area contributed by atoms with Gasteiger partial charge in [0.25, 0.3) is 0 Å². The average Bonchev–Trinajstić information content (AvgIpc) is 3.36. The van der Waals surface area contributed by atoms with E-state index in [1.807, 2.05) is 37.5 Å². The van der Waals surface area contributed by atoms with Crippen molar-refractivity contribution in [2.75, 3.05) is 0 Å². The molecule has 0 bridgehead atoms. The number of aromatic amines is 1. The molecule has 27 heavy (non-hydrogen) atoms. The van der Waals surface area contributed by atoms with E-state index < -0.39 is 0 Å². The number of aryl methyl sites for hydroxylation is 1. The summed E-state index contributed by atoms with van der Waals surface area (Å²) in [6.07, 6.45) is 4.47. The molecule has 0 fully saturated rings. The summed E-state index contributed by atoms with van der Waals surface area (Å²) in [5, 5.41) is 4.20. The van der Waals surface area contributed by atoms with Crippen LogP contribution in [0.25, 0.3) is 22.6 Å². The fourth-order valence-corrected chi connectivity index (χ4v) is 3.27. The number of benzene rings is 1. The van der Waals surface area contributed by atoms with Gasteiger partial charge in [-0.05, 0) is 19.3 Å². The molecular formula is C21H23N5O. The van der Waals surface area contributed by atoms with Gasteiger partial charge in [0, 0.05) is 17.3 Å². The predicted molar refractivity (Wildman–Crippen MR) is 104 cm³/mol. The normalized spacial score (nSPS) is 11.4. The number of H-pyrrole nitrogens is 1. The van der Waals surface area contributed by atoms with Gasteiger partial charge in [0.1, 0.15) is 5.69 Å².